The lowest BCUT2D eigenvalue weighted by atomic mass is 10.2. The molecule has 1 saturated carbocycles. The standard InChI is InChI=1S/C14H16N2O2S/c17-13(15-10-5-6-10)9-16-11-3-1-2-4-12(11)19-8-7-14(16)18/h1-4,10H,5-9H2,(H,15,17). The van der Waals surface area contributed by atoms with E-state index in [0.717, 1.165) is 29.2 Å². The van der Waals surface area contributed by atoms with Crippen LogP contribution in [0, 0.1) is 0 Å². The zero-order valence-electron chi connectivity index (χ0n) is 10.6. The minimum absolute atomic E-state index is 0.0309. The van der Waals surface area contributed by atoms with Gasteiger partial charge in [-0.3, -0.25) is 9.59 Å². The van der Waals surface area contributed by atoms with Crippen LogP contribution in [0.15, 0.2) is 29.2 Å². The van der Waals surface area contributed by atoms with Gasteiger partial charge in [-0.1, -0.05) is 12.1 Å². The molecule has 1 heterocycles. The zero-order valence-corrected chi connectivity index (χ0v) is 11.4. The normalized spacial score (nSPS) is 18.7. The number of fused-ring (bicyclic) bond motifs is 1. The minimum Gasteiger partial charge on any atom is -0.352 e. The van der Waals surface area contributed by atoms with E-state index < -0.39 is 0 Å². The summed E-state index contributed by atoms with van der Waals surface area (Å²) in [7, 11) is 0. The molecule has 0 bridgehead atoms. The Morgan fingerprint density at radius 2 is 2.16 bits per heavy atom. The van der Waals surface area contributed by atoms with Crippen molar-refractivity contribution in [3.05, 3.63) is 24.3 Å². The average molecular weight is 276 g/mol. The van der Waals surface area contributed by atoms with Gasteiger partial charge in [0.05, 0.1) is 5.69 Å². The maximum atomic E-state index is 12.1. The Morgan fingerprint density at radius 3 is 2.95 bits per heavy atom. The SMILES string of the molecule is O=C(CN1C(=O)CCSc2ccccc21)NC1CC1. The number of benzene rings is 1. The molecule has 1 aromatic carbocycles. The number of nitrogens with zero attached hydrogens (tertiary/aromatic N) is 1. The summed E-state index contributed by atoms with van der Waals surface area (Å²) in [5, 5.41) is 2.93. The van der Waals surface area contributed by atoms with Crippen LogP contribution in [0.2, 0.25) is 0 Å². The second-order valence-corrected chi connectivity index (χ2v) is 6.02. The number of carbonyl (C=O) groups is 2. The van der Waals surface area contributed by atoms with E-state index >= 15 is 0 Å². The highest BCUT2D eigenvalue weighted by molar-refractivity contribution is 7.99. The van der Waals surface area contributed by atoms with Gasteiger partial charge in [0.15, 0.2) is 0 Å². The third kappa shape index (κ3) is 2.92. The van der Waals surface area contributed by atoms with Gasteiger partial charge in [0.1, 0.15) is 6.54 Å². The molecular formula is C14H16N2O2S. The summed E-state index contributed by atoms with van der Waals surface area (Å²) in [6, 6.07) is 8.12. The number of para-hydroxylation sites is 1. The number of anilines is 1. The first-order chi connectivity index (χ1) is 9.24. The fraction of sp³-hybridized carbons (Fsp3) is 0.429. The number of amides is 2. The van der Waals surface area contributed by atoms with E-state index in [9.17, 15) is 9.59 Å². The average Bonchev–Trinajstić information content (AvgIpc) is 3.20. The van der Waals surface area contributed by atoms with Crippen molar-refractivity contribution in [1.29, 1.82) is 0 Å². The maximum Gasteiger partial charge on any atom is 0.240 e. The first-order valence-electron chi connectivity index (χ1n) is 6.55. The summed E-state index contributed by atoms with van der Waals surface area (Å²) in [4.78, 5) is 26.8. The van der Waals surface area contributed by atoms with Gasteiger partial charge in [0.25, 0.3) is 0 Å². The van der Waals surface area contributed by atoms with E-state index in [0.29, 0.717) is 12.5 Å². The molecule has 3 rings (SSSR count). The molecule has 1 aromatic rings. The van der Waals surface area contributed by atoms with Crippen LogP contribution in [0.1, 0.15) is 19.3 Å². The van der Waals surface area contributed by atoms with Crippen molar-refractivity contribution < 1.29 is 9.59 Å². The zero-order chi connectivity index (χ0) is 13.2. The topological polar surface area (TPSA) is 49.4 Å². The number of thioether (sulfide) groups is 1. The van der Waals surface area contributed by atoms with Gasteiger partial charge in [-0.15, -0.1) is 11.8 Å². The van der Waals surface area contributed by atoms with Crippen LogP contribution in [-0.2, 0) is 9.59 Å². The lowest BCUT2D eigenvalue weighted by molar-refractivity contribution is -0.123. The van der Waals surface area contributed by atoms with E-state index in [4.69, 9.17) is 0 Å². The lowest BCUT2D eigenvalue weighted by Gasteiger charge is -2.22. The minimum atomic E-state index is -0.0578. The van der Waals surface area contributed by atoms with Crippen molar-refractivity contribution in [1.82, 2.24) is 5.32 Å². The lowest BCUT2D eigenvalue weighted by Crippen LogP contribution is -2.41. The molecule has 0 spiro atoms. The second-order valence-electron chi connectivity index (χ2n) is 4.89. The van der Waals surface area contributed by atoms with Crippen molar-refractivity contribution in [2.45, 2.75) is 30.2 Å². The van der Waals surface area contributed by atoms with Crippen molar-refractivity contribution in [2.24, 2.45) is 0 Å². The van der Waals surface area contributed by atoms with E-state index in [-0.39, 0.29) is 18.4 Å². The molecule has 1 aliphatic carbocycles. The van der Waals surface area contributed by atoms with Crippen LogP contribution in [-0.4, -0.2) is 30.2 Å². The summed E-state index contributed by atoms with van der Waals surface area (Å²) in [6.45, 7) is 0.132. The highest BCUT2D eigenvalue weighted by Gasteiger charge is 2.27. The molecule has 0 atom stereocenters. The van der Waals surface area contributed by atoms with Gasteiger partial charge in [-0.25, -0.2) is 0 Å². The molecule has 2 aliphatic rings. The smallest absolute Gasteiger partial charge is 0.240 e. The van der Waals surface area contributed by atoms with Crippen LogP contribution in [0.3, 0.4) is 0 Å². The molecular weight excluding hydrogens is 260 g/mol. The molecule has 100 valence electrons. The van der Waals surface area contributed by atoms with E-state index in [1.54, 1.807) is 16.7 Å². The molecule has 0 saturated heterocycles. The molecule has 1 fully saturated rings. The Bertz CT molecular complexity index is 514. The van der Waals surface area contributed by atoms with Crippen molar-refractivity contribution in [3.63, 3.8) is 0 Å². The number of rotatable bonds is 3. The van der Waals surface area contributed by atoms with E-state index in [1.807, 2.05) is 24.3 Å². The fourth-order valence-electron chi connectivity index (χ4n) is 2.14. The van der Waals surface area contributed by atoms with E-state index in [1.165, 1.54) is 0 Å². The van der Waals surface area contributed by atoms with Crippen LogP contribution in [0.5, 0.6) is 0 Å². The van der Waals surface area contributed by atoms with Gasteiger partial charge in [-0.05, 0) is 25.0 Å². The molecule has 19 heavy (non-hydrogen) atoms. The first-order valence-corrected chi connectivity index (χ1v) is 7.54. The van der Waals surface area contributed by atoms with Crippen molar-refractivity contribution in [2.75, 3.05) is 17.2 Å². The van der Waals surface area contributed by atoms with Gasteiger partial charge in [-0.2, -0.15) is 0 Å². The third-order valence-corrected chi connectivity index (χ3v) is 4.34. The molecule has 2 amide bonds. The monoisotopic (exact) mass is 276 g/mol. The van der Waals surface area contributed by atoms with Crippen LogP contribution in [0.25, 0.3) is 0 Å². The largest absolute Gasteiger partial charge is 0.352 e. The number of carbonyl (C=O) groups excluding carboxylic acids is 2. The molecule has 0 aromatic heterocycles. The molecule has 5 heteroatoms. The van der Waals surface area contributed by atoms with Gasteiger partial charge < -0.3 is 10.2 Å². The highest BCUT2D eigenvalue weighted by Crippen LogP contribution is 2.33. The Labute approximate surface area is 116 Å². The highest BCUT2D eigenvalue weighted by atomic mass is 32.2. The summed E-state index contributed by atoms with van der Waals surface area (Å²) in [5.74, 6) is 0.747. The van der Waals surface area contributed by atoms with Gasteiger partial charge in [0, 0.05) is 23.1 Å². The van der Waals surface area contributed by atoms with Crippen molar-refractivity contribution >= 4 is 29.3 Å². The fourth-order valence-corrected chi connectivity index (χ4v) is 3.14. The van der Waals surface area contributed by atoms with Gasteiger partial charge >= 0.3 is 0 Å². The molecule has 4 nitrogen and oxygen atoms in total. The molecule has 0 radical (unpaired) electrons. The quantitative estimate of drug-likeness (QED) is 0.915. The second kappa shape index (κ2) is 5.25. The number of hydrogen-bond donors (Lipinski definition) is 1. The van der Waals surface area contributed by atoms with Crippen molar-refractivity contribution in [3.8, 4) is 0 Å². The molecule has 0 unspecified atom stereocenters. The number of nitrogens with one attached hydrogen (secondary N) is 1. The van der Waals surface area contributed by atoms with Crippen LogP contribution >= 0.6 is 11.8 Å². The molecule has 1 N–H and O–H groups in total. The molecule has 1 aliphatic heterocycles. The Morgan fingerprint density at radius 1 is 1.37 bits per heavy atom. The Balaban J connectivity index is 1.80. The van der Waals surface area contributed by atoms with Crippen LogP contribution < -0.4 is 10.2 Å². The maximum absolute atomic E-state index is 12.1. The summed E-state index contributed by atoms with van der Waals surface area (Å²) in [5.41, 5.74) is 0.862. The Hall–Kier alpha value is -1.49. The third-order valence-electron chi connectivity index (χ3n) is 3.27. The van der Waals surface area contributed by atoms with E-state index in [2.05, 4.69) is 5.32 Å². The summed E-state index contributed by atoms with van der Waals surface area (Å²) < 4.78 is 0. The summed E-state index contributed by atoms with van der Waals surface area (Å²) >= 11 is 1.68. The number of hydrogen-bond acceptors (Lipinski definition) is 3. The van der Waals surface area contributed by atoms with Crippen LogP contribution in [0.4, 0.5) is 5.69 Å². The first kappa shape index (κ1) is 12.5. The Kier molecular flexibility index (Phi) is 3.46. The predicted molar refractivity (Wildman–Crippen MR) is 75.3 cm³/mol. The summed E-state index contributed by atoms with van der Waals surface area (Å²) in [6.07, 6.45) is 2.61. The van der Waals surface area contributed by atoms with Gasteiger partial charge in [0.2, 0.25) is 11.8 Å². The predicted octanol–water partition coefficient (Wildman–Crippen LogP) is 1.79.